The molecule has 2 heterocycles. The summed E-state index contributed by atoms with van der Waals surface area (Å²) in [6, 6.07) is 9.64. The highest BCUT2D eigenvalue weighted by Gasteiger charge is 2.18. The number of rotatable bonds is 4. The van der Waals surface area contributed by atoms with Crippen LogP contribution in [0.3, 0.4) is 0 Å². The zero-order valence-corrected chi connectivity index (χ0v) is 11.4. The number of nitrogens with two attached hydrogens (primary N) is 1. The fraction of sp³-hybridized carbons (Fsp3) is 0.0667. The Kier molecular flexibility index (Phi) is 3.30. The fourth-order valence-electron chi connectivity index (χ4n) is 2.20. The predicted octanol–water partition coefficient (Wildman–Crippen LogP) is 1.90. The van der Waals surface area contributed by atoms with Crippen molar-refractivity contribution in [3.05, 3.63) is 54.1 Å². The average Bonchev–Trinajstić information content (AvgIpc) is 2.86. The highest BCUT2D eigenvalue weighted by Crippen LogP contribution is 2.22. The number of imidazole rings is 1. The number of hydrogen-bond acceptors (Lipinski definition) is 5. The Morgan fingerprint density at radius 1 is 1.32 bits per heavy atom. The summed E-state index contributed by atoms with van der Waals surface area (Å²) >= 11 is 0. The number of carbonyl (C=O) groups is 1. The molecule has 0 unspecified atom stereocenters. The molecule has 0 atom stereocenters. The smallest absolute Gasteiger partial charge is 0.356 e. The molecule has 0 spiro atoms. The van der Waals surface area contributed by atoms with Crippen LogP contribution in [0.5, 0.6) is 11.5 Å². The largest absolute Gasteiger partial charge is 0.508 e. The third-order valence-electron chi connectivity index (χ3n) is 3.16. The number of nitrogens with zero attached hydrogens (tertiary/aromatic N) is 2. The molecule has 0 saturated carbocycles. The summed E-state index contributed by atoms with van der Waals surface area (Å²) in [4.78, 5) is 15.4. The van der Waals surface area contributed by atoms with E-state index >= 15 is 0 Å². The molecule has 112 valence electrons. The van der Waals surface area contributed by atoms with Gasteiger partial charge in [0.2, 0.25) is 0 Å². The summed E-state index contributed by atoms with van der Waals surface area (Å²) in [6.07, 6.45) is 1.67. The van der Waals surface area contributed by atoms with Gasteiger partial charge < -0.3 is 20.7 Å². The van der Waals surface area contributed by atoms with Crippen molar-refractivity contribution in [3.8, 4) is 11.5 Å². The van der Waals surface area contributed by atoms with Crippen LogP contribution in [0.2, 0.25) is 0 Å². The second-order valence-electron chi connectivity index (χ2n) is 4.65. The van der Waals surface area contributed by atoms with Gasteiger partial charge in [0.25, 0.3) is 0 Å². The normalized spacial score (nSPS) is 10.7. The Morgan fingerprint density at radius 3 is 2.86 bits per heavy atom. The minimum absolute atomic E-state index is 0.0430. The van der Waals surface area contributed by atoms with Gasteiger partial charge in [-0.3, -0.25) is 4.40 Å². The minimum atomic E-state index is -1.15. The first-order chi connectivity index (χ1) is 10.6. The van der Waals surface area contributed by atoms with Gasteiger partial charge in [0.15, 0.2) is 11.5 Å². The van der Waals surface area contributed by atoms with Crippen LogP contribution in [0.15, 0.2) is 42.6 Å². The van der Waals surface area contributed by atoms with Crippen molar-refractivity contribution in [2.24, 2.45) is 0 Å². The first-order valence-corrected chi connectivity index (χ1v) is 6.47. The Bertz CT molecular complexity index is 857. The van der Waals surface area contributed by atoms with E-state index in [1.165, 1.54) is 12.1 Å². The molecule has 1 aromatic carbocycles. The maximum Gasteiger partial charge on any atom is 0.356 e. The fourth-order valence-corrected chi connectivity index (χ4v) is 2.20. The van der Waals surface area contributed by atoms with Gasteiger partial charge in [-0.25, -0.2) is 9.78 Å². The molecule has 0 amide bonds. The van der Waals surface area contributed by atoms with Gasteiger partial charge in [-0.05, 0) is 24.3 Å². The van der Waals surface area contributed by atoms with Gasteiger partial charge in [-0.15, -0.1) is 0 Å². The number of fused-ring (bicyclic) bond motifs is 1. The molecule has 4 N–H and O–H groups in total. The molecule has 7 nitrogen and oxygen atoms in total. The highest BCUT2D eigenvalue weighted by atomic mass is 16.5. The van der Waals surface area contributed by atoms with Crippen molar-refractivity contribution in [3.63, 3.8) is 0 Å². The van der Waals surface area contributed by atoms with E-state index in [2.05, 4.69) is 4.98 Å². The third kappa shape index (κ3) is 2.39. The lowest BCUT2D eigenvalue weighted by molar-refractivity contribution is 0.0693. The van der Waals surface area contributed by atoms with Crippen molar-refractivity contribution in [2.45, 2.75) is 6.61 Å². The van der Waals surface area contributed by atoms with Crippen LogP contribution in [-0.2, 0) is 6.61 Å². The van der Waals surface area contributed by atoms with Crippen molar-refractivity contribution in [2.75, 3.05) is 5.73 Å². The first-order valence-electron chi connectivity index (χ1n) is 6.47. The summed E-state index contributed by atoms with van der Waals surface area (Å²) in [5, 5.41) is 18.6. The van der Waals surface area contributed by atoms with Crippen molar-refractivity contribution < 1.29 is 19.7 Å². The van der Waals surface area contributed by atoms with Crippen LogP contribution in [-0.4, -0.2) is 25.6 Å². The quantitative estimate of drug-likeness (QED) is 0.678. The molecular formula is C15H13N3O4. The average molecular weight is 299 g/mol. The first kappa shape index (κ1) is 13.7. The Balaban J connectivity index is 1.97. The van der Waals surface area contributed by atoms with Crippen LogP contribution in [0.25, 0.3) is 5.52 Å². The lowest BCUT2D eigenvalue weighted by atomic mass is 10.3. The number of carboxylic acids is 1. The molecule has 0 aliphatic carbocycles. The molecule has 3 aromatic rings. The minimum Gasteiger partial charge on any atom is -0.508 e. The van der Waals surface area contributed by atoms with Gasteiger partial charge in [-0.2, -0.15) is 0 Å². The van der Waals surface area contributed by atoms with Crippen molar-refractivity contribution in [1.82, 2.24) is 9.38 Å². The third-order valence-corrected chi connectivity index (χ3v) is 3.16. The Morgan fingerprint density at radius 2 is 2.14 bits per heavy atom. The molecule has 2 aromatic heterocycles. The summed E-state index contributed by atoms with van der Waals surface area (Å²) in [6.45, 7) is 0.0430. The van der Waals surface area contributed by atoms with E-state index in [0.717, 1.165) is 0 Å². The molecule has 0 aliphatic heterocycles. The molecule has 7 heteroatoms. The van der Waals surface area contributed by atoms with E-state index in [-0.39, 0.29) is 18.1 Å². The van der Waals surface area contributed by atoms with Crippen LogP contribution >= 0.6 is 0 Å². The summed E-state index contributed by atoms with van der Waals surface area (Å²) in [7, 11) is 0. The molecule has 0 bridgehead atoms. The molecule has 0 aliphatic rings. The molecule has 0 radical (unpaired) electrons. The van der Waals surface area contributed by atoms with Crippen LogP contribution in [0.4, 0.5) is 5.69 Å². The molecule has 3 rings (SSSR count). The zero-order chi connectivity index (χ0) is 15.7. The van der Waals surface area contributed by atoms with Gasteiger partial charge in [-0.1, -0.05) is 6.07 Å². The van der Waals surface area contributed by atoms with E-state index in [1.807, 2.05) is 0 Å². The topological polar surface area (TPSA) is 110 Å². The summed E-state index contributed by atoms with van der Waals surface area (Å²) in [5.41, 5.74) is 6.39. The van der Waals surface area contributed by atoms with E-state index in [4.69, 9.17) is 10.5 Å². The number of benzene rings is 1. The SMILES string of the molecule is Nc1cccn2c(COc3cccc(O)c3)nc(C(=O)O)c12. The molecular weight excluding hydrogens is 286 g/mol. The lowest BCUT2D eigenvalue weighted by Gasteiger charge is -2.06. The number of phenolic OH excluding ortho intramolecular Hbond substituents is 1. The van der Waals surface area contributed by atoms with E-state index in [9.17, 15) is 15.0 Å². The van der Waals surface area contributed by atoms with Crippen LogP contribution in [0, 0.1) is 0 Å². The second kappa shape index (κ2) is 5.28. The van der Waals surface area contributed by atoms with Crippen molar-refractivity contribution in [1.29, 1.82) is 0 Å². The summed E-state index contributed by atoms with van der Waals surface area (Å²) in [5.74, 6) is -0.208. The number of nitrogen functional groups attached to an aromatic ring is 1. The second-order valence-corrected chi connectivity index (χ2v) is 4.65. The van der Waals surface area contributed by atoms with E-state index < -0.39 is 5.97 Å². The maximum absolute atomic E-state index is 11.3. The Labute approximate surface area is 125 Å². The van der Waals surface area contributed by atoms with Gasteiger partial charge in [0.1, 0.15) is 23.6 Å². The molecule has 0 fully saturated rings. The number of hydrogen-bond donors (Lipinski definition) is 3. The Hall–Kier alpha value is -3.22. The lowest BCUT2D eigenvalue weighted by Crippen LogP contribution is -2.01. The number of carboxylic acid groups (broad SMARTS) is 1. The van der Waals surface area contributed by atoms with Gasteiger partial charge in [0, 0.05) is 12.3 Å². The number of aromatic carboxylic acids is 1. The van der Waals surface area contributed by atoms with Crippen LogP contribution in [0.1, 0.15) is 16.3 Å². The monoisotopic (exact) mass is 299 g/mol. The number of aromatic hydroxyl groups is 1. The number of pyridine rings is 1. The van der Waals surface area contributed by atoms with Crippen molar-refractivity contribution >= 4 is 17.2 Å². The number of ether oxygens (including phenoxy) is 1. The standard InChI is InChI=1S/C15H13N3O4/c16-11-5-2-6-18-12(17-13(14(11)18)15(20)21)8-22-10-4-1-3-9(19)7-10/h1-7,19H,8,16H2,(H,20,21). The predicted molar refractivity (Wildman–Crippen MR) is 79.0 cm³/mol. The number of phenols is 1. The number of anilines is 1. The molecule has 22 heavy (non-hydrogen) atoms. The maximum atomic E-state index is 11.3. The number of aromatic nitrogens is 2. The highest BCUT2D eigenvalue weighted by molar-refractivity contribution is 5.97. The van der Waals surface area contributed by atoms with Gasteiger partial charge >= 0.3 is 5.97 Å². The summed E-state index contributed by atoms with van der Waals surface area (Å²) < 4.78 is 7.12. The zero-order valence-electron chi connectivity index (χ0n) is 11.4. The van der Waals surface area contributed by atoms with Crippen LogP contribution < -0.4 is 10.5 Å². The van der Waals surface area contributed by atoms with E-state index in [1.54, 1.807) is 34.9 Å². The van der Waals surface area contributed by atoms with Gasteiger partial charge in [0.05, 0.1) is 5.69 Å². The van der Waals surface area contributed by atoms with E-state index in [0.29, 0.717) is 22.8 Å². The molecule has 0 saturated heterocycles.